The number of halogens is 1. The fraction of sp³-hybridized carbons (Fsp3) is 0.200. The second kappa shape index (κ2) is 6.14. The van der Waals surface area contributed by atoms with E-state index >= 15 is 0 Å². The molecule has 9 heteroatoms. The minimum atomic E-state index is -2.72. The summed E-state index contributed by atoms with van der Waals surface area (Å²) in [7, 11) is -2.72. The molecule has 0 radical (unpaired) electrons. The first kappa shape index (κ1) is 15.5. The summed E-state index contributed by atoms with van der Waals surface area (Å²) in [5, 5.41) is 8.14. The van der Waals surface area contributed by atoms with Crippen LogP contribution in [0.25, 0.3) is 22.0 Å². The predicted molar refractivity (Wildman–Crippen MR) is 90.2 cm³/mol. The van der Waals surface area contributed by atoms with Gasteiger partial charge in [0.1, 0.15) is 0 Å². The number of fused-ring (bicyclic) bond motifs is 2. The lowest BCUT2D eigenvalue weighted by atomic mass is 9.94. The van der Waals surface area contributed by atoms with E-state index in [9.17, 15) is 8.42 Å². The Morgan fingerprint density at radius 2 is 2.21 bits per heavy atom. The average Bonchev–Trinajstić information content (AvgIpc) is 2.95. The number of hydrogen-bond donors (Lipinski definition) is 3. The van der Waals surface area contributed by atoms with E-state index in [0.29, 0.717) is 11.8 Å². The van der Waals surface area contributed by atoms with Crippen molar-refractivity contribution in [3.63, 3.8) is 0 Å². The van der Waals surface area contributed by atoms with Crippen LogP contribution in [0.5, 0.6) is 0 Å². The van der Waals surface area contributed by atoms with Gasteiger partial charge in [-0.05, 0) is 28.8 Å². The lowest BCUT2D eigenvalue weighted by Gasteiger charge is -2.26. The lowest BCUT2D eigenvalue weighted by Crippen LogP contribution is -2.29. The van der Waals surface area contributed by atoms with Crippen LogP contribution in [0.2, 0.25) is 5.15 Å². The van der Waals surface area contributed by atoms with Crippen molar-refractivity contribution >= 4 is 33.4 Å². The third kappa shape index (κ3) is 2.67. The van der Waals surface area contributed by atoms with Crippen molar-refractivity contribution in [1.29, 1.82) is 0 Å². The van der Waals surface area contributed by atoms with Crippen molar-refractivity contribution in [2.75, 3.05) is 6.61 Å². The molecule has 1 atom stereocenters. The van der Waals surface area contributed by atoms with Crippen molar-refractivity contribution < 1.29 is 13.2 Å². The Morgan fingerprint density at radius 1 is 1.33 bits per heavy atom. The minimum absolute atomic E-state index is 0.288. The zero-order valence-electron chi connectivity index (χ0n) is 12.3. The molecule has 3 aromatic rings. The first-order valence-corrected chi connectivity index (χ1v) is 8.78. The maximum Gasteiger partial charge on any atom is 0.202 e. The van der Waals surface area contributed by atoms with Crippen LogP contribution in [0.3, 0.4) is 0 Å². The number of aromatic nitrogens is 3. The SMILES string of the molecule is O=[SH](=O)NC1COCc2c(-c3ccc4c(Cl)n[nH]c4c3)cncc21. The molecule has 1 aliphatic rings. The van der Waals surface area contributed by atoms with Gasteiger partial charge in [-0.3, -0.25) is 10.1 Å². The highest BCUT2D eigenvalue weighted by Gasteiger charge is 2.24. The third-order valence-corrected chi connectivity index (χ3v) is 4.90. The molecule has 1 unspecified atom stereocenters. The summed E-state index contributed by atoms with van der Waals surface area (Å²) in [6.07, 6.45) is 3.43. The Morgan fingerprint density at radius 3 is 3.04 bits per heavy atom. The fourth-order valence-corrected chi connectivity index (χ4v) is 3.65. The number of ether oxygens (including phenoxy) is 1. The molecule has 0 saturated heterocycles. The Bertz CT molecular complexity index is 994. The van der Waals surface area contributed by atoms with Crippen LogP contribution in [-0.4, -0.2) is 30.2 Å². The van der Waals surface area contributed by atoms with Gasteiger partial charge >= 0.3 is 0 Å². The molecular formula is C15H13ClN4O3S. The summed E-state index contributed by atoms with van der Waals surface area (Å²) < 4.78 is 30.1. The van der Waals surface area contributed by atoms with Crippen molar-refractivity contribution in [1.82, 2.24) is 19.9 Å². The molecule has 2 N–H and O–H groups in total. The first-order chi connectivity index (χ1) is 11.6. The standard InChI is InChI=1S/C15H13ClN4O3S/c16-15-9-2-1-8(3-13(9)18-19-15)10-4-17-5-11-12(10)6-23-7-14(11)20-24(21)22/h1-5,14,24H,6-7H2,(H,18,19)(H,20,21,22). The van der Waals surface area contributed by atoms with Crippen LogP contribution >= 0.6 is 11.6 Å². The summed E-state index contributed by atoms with van der Waals surface area (Å²) in [6.45, 7) is 0.694. The summed E-state index contributed by atoms with van der Waals surface area (Å²) in [5.41, 5.74) is 4.41. The normalized spacial score (nSPS) is 17.3. The number of rotatable bonds is 3. The number of hydrogen-bond acceptors (Lipinski definition) is 5. The van der Waals surface area contributed by atoms with Crippen molar-refractivity contribution in [2.24, 2.45) is 0 Å². The second-order valence-corrected chi connectivity index (χ2v) is 6.61. The topological polar surface area (TPSA) is 97.0 Å². The summed E-state index contributed by atoms with van der Waals surface area (Å²) in [5.74, 6) is 0. The maximum absolute atomic E-state index is 11.0. The third-order valence-electron chi connectivity index (χ3n) is 4.09. The molecule has 1 aromatic carbocycles. The van der Waals surface area contributed by atoms with Gasteiger partial charge in [-0.15, -0.1) is 0 Å². The van der Waals surface area contributed by atoms with E-state index < -0.39 is 16.9 Å². The average molecular weight is 365 g/mol. The molecule has 0 saturated carbocycles. The van der Waals surface area contributed by atoms with Gasteiger partial charge in [-0.1, -0.05) is 17.7 Å². The fourth-order valence-electron chi connectivity index (χ4n) is 2.97. The van der Waals surface area contributed by atoms with E-state index in [4.69, 9.17) is 16.3 Å². The smallest absolute Gasteiger partial charge is 0.202 e. The number of thiol groups is 1. The quantitative estimate of drug-likeness (QED) is 0.617. The highest BCUT2D eigenvalue weighted by Crippen LogP contribution is 2.34. The summed E-state index contributed by atoms with van der Waals surface area (Å²) in [6, 6.07) is 5.35. The van der Waals surface area contributed by atoms with Crippen LogP contribution in [0, 0.1) is 0 Å². The Hall–Kier alpha value is -2.00. The van der Waals surface area contributed by atoms with Gasteiger partial charge in [0.25, 0.3) is 0 Å². The number of nitrogens with one attached hydrogen (secondary N) is 2. The monoisotopic (exact) mass is 364 g/mol. The van der Waals surface area contributed by atoms with Gasteiger partial charge in [0, 0.05) is 23.3 Å². The molecule has 4 rings (SSSR count). The summed E-state index contributed by atoms with van der Waals surface area (Å²) in [4.78, 5) is 4.27. The molecule has 0 amide bonds. The van der Waals surface area contributed by atoms with Gasteiger partial charge in [-0.2, -0.15) is 5.10 Å². The molecule has 0 bridgehead atoms. The Kier molecular flexibility index (Phi) is 3.97. The first-order valence-electron chi connectivity index (χ1n) is 7.22. The maximum atomic E-state index is 11.0. The number of H-pyrrole nitrogens is 1. The number of pyridine rings is 1. The molecule has 2 aromatic heterocycles. The van der Waals surface area contributed by atoms with Crippen LogP contribution in [0.15, 0.2) is 30.6 Å². The van der Waals surface area contributed by atoms with Crippen molar-refractivity contribution in [3.05, 3.63) is 46.9 Å². The predicted octanol–water partition coefficient (Wildman–Crippen LogP) is 1.97. The van der Waals surface area contributed by atoms with Crippen LogP contribution in [0.1, 0.15) is 17.2 Å². The molecule has 7 nitrogen and oxygen atoms in total. The molecule has 3 heterocycles. The van der Waals surface area contributed by atoms with E-state index in [1.54, 1.807) is 12.4 Å². The van der Waals surface area contributed by atoms with E-state index in [1.807, 2.05) is 18.2 Å². The molecule has 0 fully saturated rings. The van der Waals surface area contributed by atoms with E-state index in [2.05, 4.69) is 19.9 Å². The molecule has 1 aliphatic heterocycles. The van der Waals surface area contributed by atoms with Gasteiger partial charge in [0.05, 0.1) is 24.8 Å². The number of benzene rings is 1. The van der Waals surface area contributed by atoms with Gasteiger partial charge in [0.2, 0.25) is 10.9 Å². The Labute approximate surface area is 144 Å². The second-order valence-electron chi connectivity index (χ2n) is 5.48. The number of aromatic amines is 1. The molecule has 24 heavy (non-hydrogen) atoms. The molecular weight excluding hydrogens is 352 g/mol. The van der Waals surface area contributed by atoms with Crippen LogP contribution in [0.4, 0.5) is 0 Å². The number of nitrogens with zero attached hydrogens (tertiary/aromatic N) is 2. The zero-order chi connectivity index (χ0) is 16.7. The van der Waals surface area contributed by atoms with Gasteiger partial charge in [-0.25, -0.2) is 13.1 Å². The van der Waals surface area contributed by atoms with E-state index in [-0.39, 0.29) is 6.61 Å². The van der Waals surface area contributed by atoms with Gasteiger partial charge in [0.15, 0.2) is 5.15 Å². The molecule has 0 aliphatic carbocycles. The van der Waals surface area contributed by atoms with Crippen molar-refractivity contribution in [2.45, 2.75) is 12.6 Å². The zero-order valence-corrected chi connectivity index (χ0v) is 14.0. The molecule has 124 valence electrons. The lowest BCUT2D eigenvalue weighted by molar-refractivity contribution is 0.0887. The van der Waals surface area contributed by atoms with Crippen molar-refractivity contribution in [3.8, 4) is 11.1 Å². The summed E-state index contributed by atoms with van der Waals surface area (Å²) >= 11 is 6.01. The van der Waals surface area contributed by atoms with Crippen LogP contribution in [-0.2, 0) is 22.2 Å². The minimum Gasteiger partial charge on any atom is -0.375 e. The van der Waals surface area contributed by atoms with E-state index in [1.165, 1.54) is 0 Å². The van der Waals surface area contributed by atoms with E-state index in [0.717, 1.165) is 33.2 Å². The van der Waals surface area contributed by atoms with Gasteiger partial charge < -0.3 is 4.74 Å². The molecule has 0 spiro atoms. The largest absolute Gasteiger partial charge is 0.375 e. The van der Waals surface area contributed by atoms with Crippen LogP contribution < -0.4 is 4.72 Å². The highest BCUT2D eigenvalue weighted by atomic mass is 35.5. The highest BCUT2D eigenvalue weighted by molar-refractivity contribution is 7.70. The Balaban J connectivity index is 1.83.